The van der Waals surface area contributed by atoms with Crippen LogP contribution in [-0.4, -0.2) is 24.7 Å². The largest absolute Gasteiger partial charge is 0.493 e. The van der Waals surface area contributed by atoms with E-state index in [2.05, 4.69) is 22.6 Å². The van der Waals surface area contributed by atoms with Gasteiger partial charge in [-0.1, -0.05) is 12.1 Å². The van der Waals surface area contributed by atoms with E-state index in [9.17, 15) is 10.1 Å². The van der Waals surface area contributed by atoms with E-state index in [1.54, 1.807) is 12.1 Å². The summed E-state index contributed by atoms with van der Waals surface area (Å²) in [7, 11) is 0. The van der Waals surface area contributed by atoms with E-state index in [1.807, 2.05) is 18.2 Å². The lowest BCUT2D eigenvalue weighted by atomic mass is 10.1. The van der Waals surface area contributed by atoms with Gasteiger partial charge >= 0.3 is 0 Å². The van der Waals surface area contributed by atoms with Crippen molar-refractivity contribution in [2.24, 2.45) is 0 Å². The van der Waals surface area contributed by atoms with Gasteiger partial charge in [0, 0.05) is 27.7 Å². The van der Waals surface area contributed by atoms with Gasteiger partial charge in [-0.2, -0.15) is 0 Å². The lowest BCUT2D eigenvalue weighted by molar-refractivity contribution is -0.384. The molecule has 1 heterocycles. The van der Waals surface area contributed by atoms with Crippen LogP contribution in [0.3, 0.4) is 0 Å². The molecule has 1 aliphatic heterocycles. The van der Waals surface area contributed by atoms with Crippen LogP contribution in [0.15, 0.2) is 42.5 Å². The smallest absolute Gasteiger partial charge is 0.269 e. The first-order valence-electron chi connectivity index (χ1n) is 8.02. The molecule has 2 aromatic rings. The maximum Gasteiger partial charge on any atom is 0.269 e. The zero-order valence-electron chi connectivity index (χ0n) is 13.5. The van der Waals surface area contributed by atoms with Gasteiger partial charge in [0.2, 0.25) is 0 Å². The van der Waals surface area contributed by atoms with Crippen LogP contribution in [0.2, 0.25) is 0 Å². The fourth-order valence-electron chi connectivity index (χ4n) is 2.56. The summed E-state index contributed by atoms with van der Waals surface area (Å²) in [5.41, 5.74) is 1.97. The average molecular weight is 455 g/mol. The van der Waals surface area contributed by atoms with Crippen LogP contribution in [0, 0.1) is 13.7 Å². The highest BCUT2D eigenvalue weighted by molar-refractivity contribution is 14.1. The van der Waals surface area contributed by atoms with Gasteiger partial charge in [-0.15, -0.1) is 0 Å². The molecule has 0 atom stereocenters. The normalized spacial score (nSPS) is 15.1. The van der Waals surface area contributed by atoms with E-state index in [4.69, 9.17) is 14.2 Å². The molecule has 0 radical (unpaired) electrons. The highest BCUT2D eigenvalue weighted by Gasteiger charge is 2.21. The van der Waals surface area contributed by atoms with Crippen molar-refractivity contribution in [3.05, 3.63) is 67.3 Å². The molecule has 1 saturated heterocycles. The molecule has 2 aromatic carbocycles. The Morgan fingerprint density at radius 2 is 1.88 bits per heavy atom. The molecule has 3 rings (SSSR count). The van der Waals surface area contributed by atoms with E-state index in [0.29, 0.717) is 26.2 Å². The van der Waals surface area contributed by atoms with Gasteiger partial charge in [-0.05, 0) is 52.8 Å². The minimum atomic E-state index is -0.400. The second-order valence-corrected chi connectivity index (χ2v) is 6.88. The Balaban J connectivity index is 1.64. The van der Waals surface area contributed by atoms with E-state index in [-0.39, 0.29) is 12.0 Å². The lowest BCUT2D eigenvalue weighted by Crippen LogP contribution is -2.18. The molecule has 0 aliphatic carbocycles. The minimum Gasteiger partial charge on any atom is -0.493 e. The van der Waals surface area contributed by atoms with Crippen molar-refractivity contribution >= 4 is 28.3 Å². The Kier molecular flexibility index (Phi) is 6.22. The highest BCUT2D eigenvalue weighted by atomic mass is 127. The summed E-state index contributed by atoms with van der Waals surface area (Å²) in [6.45, 7) is 1.83. The van der Waals surface area contributed by atoms with E-state index in [1.165, 1.54) is 12.1 Å². The first kappa shape index (κ1) is 18.1. The van der Waals surface area contributed by atoms with Gasteiger partial charge in [-0.3, -0.25) is 10.1 Å². The van der Waals surface area contributed by atoms with Gasteiger partial charge in [0.1, 0.15) is 5.75 Å². The van der Waals surface area contributed by atoms with Crippen LogP contribution in [0.25, 0.3) is 0 Å². The number of ether oxygens (including phenoxy) is 3. The van der Waals surface area contributed by atoms with E-state index < -0.39 is 4.92 Å². The Bertz CT molecular complexity index is 729. The number of nitro benzene ring substituents is 1. The van der Waals surface area contributed by atoms with Crippen molar-refractivity contribution in [1.82, 2.24) is 0 Å². The third-order valence-electron chi connectivity index (χ3n) is 3.85. The summed E-state index contributed by atoms with van der Waals surface area (Å²) < 4.78 is 18.4. The Morgan fingerprint density at radius 1 is 1.16 bits per heavy atom. The molecule has 1 aliphatic rings. The summed E-state index contributed by atoms with van der Waals surface area (Å²) in [6.07, 6.45) is 1.17. The van der Waals surface area contributed by atoms with Crippen LogP contribution in [0.5, 0.6) is 5.75 Å². The fraction of sp³-hybridized carbons (Fsp3) is 0.333. The number of hydrogen-bond acceptors (Lipinski definition) is 5. The van der Waals surface area contributed by atoms with Crippen LogP contribution in [0.1, 0.15) is 23.8 Å². The maximum atomic E-state index is 10.7. The van der Waals surface area contributed by atoms with Crippen molar-refractivity contribution in [1.29, 1.82) is 0 Å². The number of halogens is 1. The number of nitrogens with zero attached hydrogens (tertiary/aromatic N) is 1. The molecule has 0 N–H and O–H groups in total. The van der Waals surface area contributed by atoms with Crippen molar-refractivity contribution in [2.45, 2.75) is 19.1 Å². The standard InChI is InChI=1S/C18H18INO5/c19-14-4-7-16(18-24-9-1-10-25-18)17(12-14)23-11-8-13-2-5-15(6-3-13)20(21)22/h2-7,12,18H,1,8-11H2. The Hall–Kier alpha value is -1.71. The molecular weight excluding hydrogens is 437 g/mol. The molecule has 132 valence electrons. The first-order chi connectivity index (χ1) is 12.1. The van der Waals surface area contributed by atoms with Crippen LogP contribution in [0.4, 0.5) is 5.69 Å². The average Bonchev–Trinajstić information content (AvgIpc) is 2.63. The quantitative estimate of drug-likeness (QED) is 0.370. The van der Waals surface area contributed by atoms with Gasteiger partial charge in [-0.25, -0.2) is 0 Å². The second kappa shape index (κ2) is 8.59. The van der Waals surface area contributed by atoms with Gasteiger partial charge in [0.05, 0.1) is 24.7 Å². The molecule has 0 saturated carbocycles. The van der Waals surface area contributed by atoms with Crippen molar-refractivity contribution < 1.29 is 19.1 Å². The summed E-state index contributed by atoms with van der Waals surface area (Å²) in [5, 5.41) is 10.7. The Labute approximate surface area is 159 Å². The van der Waals surface area contributed by atoms with Crippen molar-refractivity contribution in [3.63, 3.8) is 0 Å². The minimum absolute atomic E-state index is 0.0937. The summed E-state index contributed by atoms with van der Waals surface area (Å²) in [5.74, 6) is 0.751. The molecule has 0 bridgehead atoms. The van der Waals surface area contributed by atoms with Gasteiger partial charge in [0.15, 0.2) is 6.29 Å². The van der Waals surface area contributed by atoms with Crippen LogP contribution < -0.4 is 4.74 Å². The number of benzene rings is 2. The number of rotatable bonds is 6. The number of hydrogen-bond donors (Lipinski definition) is 0. The topological polar surface area (TPSA) is 70.8 Å². The number of nitro groups is 1. The zero-order chi connectivity index (χ0) is 17.6. The summed E-state index contributed by atoms with van der Waals surface area (Å²) >= 11 is 2.24. The molecule has 25 heavy (non-hydrogen) atoms. The lowest BCUT2D eigenvalue weighted by Gasteiger charge is -2.25. The molecule has 7 heteroatoms. The van der Waals surface area contributed by atoms with E-state index in [0.717, 1.165) is 26.9 Å². The van der Waals surface area contributed by atoms with Crippen molar-refractivity contribution in [3.8, 4) is 5.75 Å². The summed E-state index contributed by atoms with van der Waals surface area (Å²) in [6, 6.07) is 12.5. The van der Waals surface area contributed by atoms with Crippen LogP contribution in [-0.2, 0) is 15.9 Å². The van der Waals surface area contributed by atoms with Gasteiger partial charge < -0.3 is 14.2 Å². The molecule has 0 aromatic heterocycles. The Morgan fingerprint density at radius 3 is 2.56 bits per heavy atom. The molecule has 6 nitrogen and oxygen atoms in total. The molecule has 0 amide bonds. The van der Waals surface area contributed by atoms with Gasteiger partial charge in [0.25, 0.3) is 5.69 Å². The molecule has 0 spiro atoms. The van der Waals surface area contributed by atoms with Crippen molar-refractivity contribution in [2.75, 3.05) is 19.8 Å². The third kappa shape index (κ3) is 4.90. The number of non-ortho nitro benzene ring substituents is 1. The molecule has 1 fully saturated rings. The predicted octanol–water partition coefficient (Wildman–Crippen LogP) is 4.26. The third-order valence-corrected chi connectivity index (χ3v) is 4.52. The van der Waals surface area contributed by atoms with E-state index >= 15 is 0 Å². The molecule has 0 unspecified atom stereocenters. The second-order valence-electron chi connectivity index (χ2n) is 5.63. The summed E-state index contributed by atoms with van der Waals surface area (Å²) in [4.78, 5) is 10.3. The fourth-order valence-corrected chi connectivity index (χ4v) is 3.02. The molecular formula is C18H18INO5. The monoisotopic (exact) mass is 455 g/mol. The maximum absolute atomic E-state index is 10.7. The first-order valence-corrected chi connectivity index (χ1v) is 9.10. The highest BCUT2D eigenvalue weighted by Crippen LogP contribution is 2.32. The zero-order valence-corrected chi connectivity index (χ0v) is 15.7. The SMILES string of the molecule is O=[N+]([O-])c1ccc(CCOc2cc(I)ccc2C2OCCCO2)cc1. The van der Waals surface area contributed by atoms with Crippen LogP contribution >= 0.6 is 22.6 Å². The predicted molar refractivity (Wildman–Crippen MR) is 101 cm³/mol.